The number of esters is 1. The van der Waals surface area contributed by atoms with Crippen LogP contribution in [0.15, 0.2) is 54.6 Å². The highest BCUT2D eigenvalue weighted by molar-refractivity contribution is 6.30. The summed E-state index contributed by atoms with van der Waals surface area (Å²) in [6.07, 6.45) is 3.00. The van der Waals surface area contributed by atoms with Crippen LogP contribution in [0.3, 0.4) is 0 Å². The third kappa shape index (κ3) is 5.30. The average molecular weight is 411 g/mol. The van der Waals surface area contributed by atoms with Gasteiger partial charge in [0.05, 0.1) is 12.3 Å². The molecule has 0 spiro atoms. The van der Waals surface area contributed by atoms with Crippen LogP contribution in [0, 0.1) is 6.92 Å². The highest BCUT2D eigenvalue weighted by Gasteiger charge is 2.15. The van der Waals surface area contributed by atoms with Gasteiger partial charge in [-0.15, -0.1) is 5.10 Å². The number of hydrogen-bond donors (Lipinski definition) is 1. The van der Waals surface area contributed by atoms with Crippen molar-refractivity contribution in [2.24, 2.45) is 0 Å². The fourth-order valence-corrected chi connectivity index (χ4v) is 2.66. The number of nitrogens with zero attached hydrogens (tertiary/aromatic N) is 3. The lowest BCUT2D eigenvalue weighted by molar-refractivity contribution is -0.137. The summed E-state index contributed by atoms with van der Waals surface area (Å²) in [5.74, 6) is -0.182. The van der Waals surface area contributed by atoms with Crippen LogP contribution in [-0.2, 0) is 9.53 Å². The van der Waals surface area contributed by atoms with Gasteiger partial charge in [-0.25, -0.2) is 14.5 Å². The fraction of sp³-hybridized carbons (Fsp3) is 0.143. The highest BCUT2D eigenvalue weighted by Crippen LogP contribution is 2.15. The molecule has 29 heavy (non-hydrogen) atoms. The Labute approximate surface area is 173 Å². The molecule has 1 aromatic heterocycles. The molecule has 148 valence electrons. The molecule has 0 unspecified atom stereocenters. The van der Waals surface area contributed by atoms with Crippen molar-refractivity contribution in [2.45, 2.75) is 13.8 Å². The van der Waals surface area contributed by atoms with Gasteiger partial charge in [-0.1, -0.05) is 23.7 Å². The molecule has 1 heterocycles. The average Bonchev–Trinajstić information content (AvgIpc) is 3.10. The molecule has 0 saturated heterocycles. The van der Waals surface area contributed by atoms with Crippen molar-refractivity contribution in [1.82, 2.24) is 14.8 Å². The predicted octanol–water partition coefficient (Wildman–Crippen LogP) is 4.06. The first-order chi connectivity index (χ1) is 14.0. The molecule has 1 N–H and O–H groups in total. The number of aromatic nitrogens is 3. The second kappa shape index (κ2) is 9.16. The van der Waals surface area contributed by atoms with E-state index in [-0.39, 0.29) is 5.82 Å². The van der Waals surface area contributed by atoms with Gasteiger partial charge in [-0.05, 0) is 61.9 Å². The lowest BCUT2D eigenvalue weighted by Crippen LogP contribution is -2.14. The third-order valence-electron chi connectivity index (χ3n) is 3.91. The Balaban J connectivity index is 1.68. The van der Waals surface area contributed by atoms with Gasteiger partial charge >= 0.3 is 5.97 Å². The van der Waals surface area contributed by atoms with E-state index in [1.807, 2.05) is 0 Å². The van der Waals surface area contributed by atoms with E-state index in [1.54, 1.807) is 73.1 Å². The smallest absolute Gasteiger partial charge is 0.330 e. The highest BCUT2D eigenvalue weighted by atomic mass is 35.5. The molecule has 0 saturated carbocycles. The van der Waals surface area contributed by atoms with Crippen LogP contribution in [0.1, 0.15) is 28.9 Å². The van der Waals surface area contributed by atoms with E-state index >= 15 is 0 Å². The summed E-state index contributed by atoms with van der Waals surface area (Å²) in [6, 6.07) is 14.1. The maximum Gasteiger partial charge on any atom is 0.330 e. The van der Waals surface area contributed by atoms with Crippen molar-refractivity contribution in [3.8, 4) is 5.69 Å². The van der Waals surface area contributed by atoms with Crippen LogP contribution in [-0.4, -0.2) is 33.2 Å². The summed E-state index contributed by atoms with van der Waals surface area (Å²) in [7, 11) is 0. The molecule has 8 heteroatoms. The number of amides is 1. The second-order valence-electron chi connectivity index (χ2n) is 6.03. The normalized spacial score (nSPS) is 10.9. The minimum atomic E-state index is -0.421. The lowest BCUT2D eigenvalue weighted by atomic mass is 10.2. The van der Waals surface area contributed by atoms with Gasteiger partial charge in [0.1, 0.15) is 5.82 Å². The monoisotopic (exact) mass is 410 g/mol. The molecule has 0 aliphatic heterocycles. The molecule has 3 aromatic rings. The second-order valence-corrected chi connectivity index (χ2v) is 6.47. The van der Waals surface area contributed by atoms with Crippen molar-refractivity contribution < 1.29 is 14.3 Å². The number of nitrogens with one attached hydrogen (secondary N) is 1. The minimum absolute atomic E-state index is 0.0590. The molecular formula is C21H19ClN4O3. The molecule has 0 bridgehead atoms. The van der Waals surface area contributed by atoms with Crippen molar-refractivity contribution in [1.29, 1.82) is 0 Å². The van der Waals surface area contributed by atoms with E-state index in [0.717, 1.165) is 11.3 Å². The Morgan fingerprint density at radius 1 is 1.14 bits per heavy atom. The van der Waals surface area contributed by atoms with Crippen LogP contribution in [0.25, 0.3) is 11.8 Å². The number of anilines is 1. The Hall–Kier alpha value is -3.45. The Morgan fingerprint density at radius 2 is 1.83 bits per heavy atom. The predicted molar refractivity (Wildman–Crippen MR) is 111 cm³/mol. The number of carbonyl (C=O) groups excluding carboxylic acids is 2. The van der Waals surface area contributed by atoms with Crippen LogP contribution in [0.5, 0.6) is 0 Å². The summed E-state index contributed by atoms with van der Waals surface area (Å²) < 4.78 is 6.41. The van der Waals surface area contributed by atoms with Crippen LogP contribution >= 0.6 is 11.6 Å². The van der Waals surface area contributed by atoms with Gasteiger partial charge in [-0.3, -0.25) is 4.79 Å². The molecule has 0 aliphatic carbocycles. The summed E-state index contributed by atoms with van der Waals surface area (Å²) in [4.78, 5) is 28.1. The largest absolute Gasteiger partial charge is 0.463 e. The summed E-state index contributed by atoms with van der Waals surface area (Å²) >= 11 is 5.91. The van der Waals surface area contributed by atoms with E-state index in [2.05, 4.69) is 15.4 Å². The molecule has 3 rings (SSSR count). The topological polar surface area (TPSA) is 86.1 Å². The zero-order valence-electron chi connectivity index (χ0n) is 15.9. The maximum atomic E-state index is 12.5. The van der Waals surface area contributed by atoms with Crippen LogP contribution in [0.2, 0.25) is 5.02 Å². The molecule has 2 aromatic carbocycles. The van der Waals surface area contributed by atoms with Gasteiger partial charge in [0.25, 0.3) is 5.91 Å². The Morgan fingerprint density at radius 3 is 2.48 bits per heavy atom. The van der Waals surface area contributed by atoms with Gasteiger partial charge in [0, 0.05) is 16.8 Å². The van der Waals surface area contributed by atoms with E-state index in [4.69, 9.17) is 16.3 Å². The molecule has 0 aliphatic rings. The summed E-state index contributed by atoms with van der Waals surface area (Å²) in [6.45, 7) is 3.84. The standard InChI is InChI=1S/C21H19ClN4O3/c1-3-29-19(27)13-6-15-4-9-17(10-5-15)24-21(28)20-23-14(2)26(25-20)18-11-7-16(22)8-12-18/h4-13H,3H2,1-2H3,(H,24,28)/b13-6+. The van der Waals surface area contributed by atoms with E-state index < -0.39 is 11.9 Å². The first-order valence-electron chi connectivity index (χ1n) is 8.92. The minimum Gasteiger partial charge on any atom is -0.463 e. The molecule has 0 radical (unpaired) electrons. The zero-order valence-corrected chi connectivity index (χ0v) is 16.7. The van der Waals surface area contributed by atoms with E-state index in [9.17, 15) is 9.59 Å². The van der Waals surface area contributed by atoms with Crippen molar-refractivity contribution in [3.05, 3.63) is 76.8 Å². The number of rotatable bonds is 6. The van der Waals surface area contributed by atoms with Crippen LogP contribution in [0.4, 0.5) is 5.69 Å². The molecule has 0 atom stereocenters. The van der Waals surface area contributed by atoms with Crippen LogP contribution < -0.4 is 5.32 Å². The summed E-state index contributed by atoms with van der Waals surface area (Å²) in [5.41, 5.74) is 2.15. The SMILES string of the molecule is CCOC(=O)/C=C/c1ccc(NC(=O)c2nc(C)n(-c3ccc(Cl)cc3)n2)cc1. The van der Waals surface area contributed by atoms with Gasteiger partial charge in [0.2, 0.25) is 5.82 Å². The number of hydrogen-bond acceptors (Lipinski definition) is 5. The maximum absolute atomic E-state index is 12.5. The zero-order chi connectivity index (χ0) is 20.8. The fourth-order valence-electron chi connectivity index (χ4n) is 2.53. The Kier molecular flexibility index (Phi) is 6.41. The van der Waals surface area contributed by atoms with Crippen molar-refractivity contribution in [3.63, 3.8) is 0 Å². The number of aryl methyl sites for hydroxylation is 1. The number of halogens is 1. The number of benzene rings is 2. The number of carbonyl (C=O) groups is 2. The van der Waals surface area contributed by atoms with Gasteiger partial charge in [0.15, 0.2) is 0 Å². The van der Waals surface area contributed by atoms with Crippen molar-refractivity contribution in [2.75, 3.05) is 11.9 Å². The quantitative estimate of drug-likeness (QED) is 0.489. The van der Waals surface area contributed by atoms with Crippen molar-refractivity contribution >= 4 is 35.2 Å². The first kappa shape index (κ1) is 20.3. The Bertz CT molecular complexity index is 1040. The third-order valence-corrected chi connectivity index (χ3v) is 4.16. The number of ether oxygens (including phenoxy) is 1. The molecule has 7 nitrogen and oxygen atoms in total. The van der Waals surface area contributed by atoms with Gasteiger partial charge < -0.3 is 10.1 Å². The summed E-state index contributed by atoms with van der Waals surface area (Å²) in [5, 5.41) is 7.65. The van der Waals surface area contributed by atoms with E-state index in [0.29, 0.717) is 23.1 Å². The van der Waals surface area contributed by atoms with E-state index in [1.165, 1.54) is 6.08 Å². The lowest BCUT2D eigenvalue weighted by Gasteiger charge is -2.03. The molecular weight excluding hydrogens is 392 g/mol. The molecule has 0 fully saturated rings. The molecule has 1 amide bonds. The first-order valence-corrected chi connectivity index (χ1v) is 9.30. The van der Waals surface area contributed by atoms with Gasteiger partial charge in [-0.2, -0.15) is 0 Å².